The van der Waals surface area contributed by atoms with Crippen LogP contribution in [0.5, 0.6) is 0 Å². The van der Waals surface area contributed by atoms with Crippen molar-refractivity contribution in [2.75, 3.05) is 0 Å². The molecular formula is C48H37IrN3O-2. The van der Waals surface area contributed by atoms with E-state index in [0.29, 0.717) is 33.6 Å². The molecule has 53 heavy (non-hydrogen) atoms. The molecule has 9 rings (SSSR count). The number of fused-ring (bicyclic) bond motifs is 2. The van der Waals surface area contributed by atoms with Gasteiger partial charge in [0.1, 0.15) is 0 Å². The minimum Gasteiger partial charge on any atom is -0.557 e. The molecule has 0 saturated heterocycles. The summed E-state index contributed by atoms with van der Waals surface area (Å²) in [7, 11) is 0. The molecular weight excluding hydrogens is 827 g/mol. The molecule has 4 nitrogen and oxygen atoms in total. The quantitative estimate of drug-likeness (QED) is 0.162. The van der Waals surface area contributed by atoms with Crippen LogP contribution < -0.4 is 0 Å². The van der Waals surface area contributed by atoms with Crippen molar-refractivity contribution in [3.8, 4) is 50.6 Å². The molecule has 0 aliphatic rings. The van der Waals surface area contributed by atoms with Gasteiger partial charge in [0.05, 0.1) is 22.5 Å². The average molecular weight is 873 g/mol. The standard InChI is InChI=1S/C35H25N2O.C13H12N.Ir/c1-23-17-18-33-29(19-23)30(22-38-33)35-36-31-15-9-10-16-32(31)37(35)34-27(25-11-5-3-6-12-25)20-24(2)21-28(34)26-13-7-4-8-14-26;1-10-3-6-12(7-4-10)13-8-5-11(2)9-14-13;/h3-21H,1-2H3;3-6,8-9H,1-2H3;/q2*-1;/i1D3;1D3,2D3;. The van der Waals surface area contributed by atoms with Gasteiger partial charge in [-0.1, -0.05) is 126 Å². The van der Waals surface area contributed by atoms with E-state index in [2.05, 4.69) is 71.3 Å². The minimum absolute atomic E-state index is 0. The number of furan rings is 1. The number of rotatable bonds is 5. The summed E-state index contributed by atoms with van der Waals surface area (Å²) in [4.78, 5) is 9.17. The molecule has 1 radical (unpaired) electrons. The molecule has 6 aromatic carbocycles. The molecule has 0 fully saturated rings. The molecule has 0 unspecified atom stereocenters. The van der Waals surface area contributed by atoms with E-state index in [-0.39, 0.29) is 36.8 Å². The van der Waals surface area contributed by atoms with Crippen LogP contribution in [-0.2, 0) is 20.1 Å². The Hall–Kier alpha value is -5.87. The van der Waals surface area contributed by atoms with Crippen LogP contribution in [0, 0.1) is 39.8 Å². The number of benzene rings is 6. The molecule has 3 aromatic heterocycles. The van der Waals surface area contributed by atoms with Crippen molar-refractivity contribution in [3.63, 3.8) is 0 Å². The van der Waals surface area contributed by atoms with Crippen molar-refractivity contribution < 1.29 is 36.9 Å². The van der Waals surface area contributed by atoms with Crippen molar-refractivity contribution in [1.29, 1.82) is 0 Å². The van der Waals surface area contributed by atoms with Gasteiger partial charge in [-0.05, 0) is 72.8 Å². The van der Waals surface area contributed by atoms with Gasteiger partial charge in [0.2, 0.25) is 0 Å². The molecule has 9 aromatic rings. The monoisotopic (exact) mass is 873 g/mol. The Morgan fingerprint density at radius 2 is 1.32 bits per heavy atom. The van der Waals surface area contributed by atoms with E-state index in [1.165, 1.54) is 24.4 Å². The first kappa shape index (κ1) is 26.0. The molecule has 0 amide bonds. The number of aryl methyl sites for hydroxylation is 4. The number of hydrogen-bond acceptors (Lipinski definition) is 3. The van der Waals surface area contributed by atoms with Crippen LogP contribution >= 0.6 is 0 Å². The van der Waals surface area contributed by atoms with Gasteiger partial charge < -0.3 is 14.0 Å². The number of hydrogen-bond donors (Lipinski definition) is 0. The summed E-state index contributed by atoms with van der Waals surface area (Å²) < 4.78 is 75.6. The van der Waals surface area contributed by atoms with Crippen LogP contribution in [0.25, 0.3) is 72.6 Å². The Labute approximate surface area is 336 Å². The van der Waals surface area contributed by atoms with Crippen molar-refractivity contribution in [2.24, 2.45) is 0 Å². The van der Waals surface area contributed by atoms with Crippen LogP contribution in [0.4, 0.5) is 0 Å². The zero-order valence-electron chi connectivity index (χ0n) is 37.5. The fourth-order valence-corrected chi connectivity index (χ4v) is 6.39. The predicted octanol–water partition coefficient (Wildman–Crippen LogP) is 12.4. The Bertz CT molecular complexity index is 2860. The zero-order chi connectivity index (χ0) is 43.1. The molecule has 0 aliphatic carbocycles. The Morgan fingerprint density at radius 1 is 0.660 bits per heavy atom. The van der Waals surface area contributed by atoms with E-state index in [9.17, 15) is 0 Å². The van der Waals surface area contributed by atoms with Crippen LogP contribution in [0.15, 0.2) is 156 Å². The summed E-state index contributed by atoms with van der Waals surface area (Å²) in [5.41, 5.74) is 11.1. The Morgan fingerprint density at radius 3 is 1.96 bits per heavy atom. The maximum atomic E-state index is 7.98. The maximum Gasteiger partial charge on any atom is 0.0774 e. The van der Waals surface area contributed by atoms with E-state index >= 15 is 0 Å². The van der Waals surface area contributed by atoms with Crippen LogP contribution in [-0.4, -0.2) is 14.5 Å². The number of nitrogens with zero attached hydrogens (tertiary/aromatic N) is 3. The van der Waals surface area contributed by atoms with E-state index in [1.807, 2.05) is 54.6 Å². The van der Waals surface area contributed by atoms with Gasteiger partial charge in [0, 0.05) is 61.6 Å². The van der Waals surface area contributed by atoms with Crippen molar-refractivity contribution in [2.45, 2.75) is 27.5 Å². The van der Waals surface area contributed by atoms with Gasteiger partial charge in [0.25, 0.3) is 0 Å². The van der Waals surface area contributed by atoms with E-state index in [1.54, 1.807) is 30.3 Å². The smallest absolute Gasteiger partial charge is 0.0774 e. The number of para-hydroxylation sites is 2. The van der Waals surface area contributed by atoms with Gasteiger partial charge in [-0.15, -0.1) is 35.4 Å². The normalized spacial score (nSPS) is 14.1. The van der Waals surface area contributed by atoms with Crippen molar-refractivity contribution in [1.82, 2.24) is 14.5 Å². The molecule has 3 heterocycles. The van der Waals surface area contributed by atoms with E-state index < -0.39 is 20.6 Å². The summed E-state index contributed by atoms with van der Waals surface area (Å²) >= 11 is 0. The third-order valence-corrected chi connectivity index (χ3v) is 8.80. The van der Waals surface area contributed by atoms with Gasteiger partial charge in [-0.3, -0.25) is 4.98 Å². The molecule has 0 N–H and O–H groups in total. The molecule has 0 spiro atoms. The first-order chi connectivity index (χ1) is 29.1. The van der Waals surface area contributed by atoms with Gasteiger partial charge in [-0.2, -0.15) is 0 Å². The third-order valence-electron chi connectivity index (χ3n) is 8.80. The van der Waals surface area contributed by atoms with Gasteiger partial charge >= 0.3 is 0 Å². The second kappa shape index (κ2) is 15.4. The molecule has 0 bridgehead atoms. The molecule has 0 saturated carbocycles. The van der Waals surface area contributed by atoms with Crippen LogP contribution in [0.1, 0.15) is 34.6 Å². The summed E-state index contributed by atoms with van der Waals surface area (Å²) in [6.07, 6.45) is 4.37. The zero-order valence-corrected chi connectivity index (χ0v) is 30.9. The molecule has 0 atom stereocenters. The first-order valence-corrected chi connectivity index (χ1v) is 16.7. The third kappa shape index (κ3) is 7.27. The largest absolute Gasteiger partial charge is 0.557 e. The first-order valence-electron chi connectivity index (χ1n) is 21.2. The molecule has 261 valence electrons. The Balaban J connectivity index is 0.000000233. The molecule has 5 heteroatoms. The topological polar surface area (TPSA) is 43.9 Å². The van der Waals surface area contributed by atoms with Gasteiger partial charge in [-0.25, -0.2) is 0 Å². The van der Waals surface area contributed by atoms with E-state index in [4.69, 9.17) is 21.7 Å². The second-order valence-electron chi connectivity index (χ2n) is 12.4. The van der Waals surface area contributed by atoms with Crippen LogP contribution in [0.3, 0.4) is 0 Å². The van der Waals surface area contributed by atoms with Crippen molar-refractivity contribution in [3.05, 3.63) is 186 Å². The summed E-state index contributed by atoms with van der Waals surface area (Å²) in [5.74, 6) is 0.630. The summed E-state index contributed by atoms with van der Waals surface area (Å²) in [6.45, 7) is -4.47. The predicted molar refractivity (Wildman–Crippen MR) is 213 cm³/mol. The Kier molecular flexibility index (Phi) is 7.54. The number of pyridine rings is 1. The van der Waals surface area contributed by atoms with Crippen LogP contribution in [0.2, 0.25) is 0 Å². The van der Waals surface area contributed by atoms with Gasteiger partial charge in [0.15, 0.2) is 0 Å². The van der Waals surface area contributed by atoms with E-state index in [0.717, 1.165) is 44.5 Å². The summed E-state index contributed by atoms with van der Waals surface area (Å²) in [6, 6.07) is 48.5. The fourth-order valence-electron chi connectivity index (χ4n) is 6.39. The fraction of sp³-hybridized carbons (Fsp3) is 0.0833. The molecule has 0 aliphatic heterocycles. The van der Waals surface area contributed by atoms with Crippen molar-refractivity contribution >= 4 is 22.0 Å². The second-order valence-corrected chi connectivity index (χ2v) is 12.4. The maximum absolute atomic E-state index is 7.98. The number of imidazole rings is 1. The minimum atomic E-state index is -2.25. The average Bonchev–Trinajstić information content (AvgIpc) is 3.85. The number of aromatic nitrogens is 3. The SMILES string of the molecule is [2H]C([2H])([2H])c1c[c-]c(-c2ccc(C([2H])([2H])[2H])cn2)cc1.[2H]C([2H])([2H])c1ccc2o[c-]c(-c3nc4ccccc4n3-c3c(-c4ccccc4)cc(C)cc3-c3ccccc3)c2c1.[Ir]. The summed E-state index contributed by atoms with van der Waals surface area (Å²) in [5, 5.41) is 0.657.